The molecule has 0 atom stereocenters. The highest BCUT2D eigenvalue weighted by Gasteiger charge is 2.20. The van der Waals surface area contributed by atoms with E-state index in [1.807, 2.05) is 42.5 Å². The summed E-state index contributed by atoms with van der Waals surface area (Å²) in [6.45, 7) is 1.69. The molecule has 9 heteroatoms. The number of ether oxygens (including phenoxy) is 2. The second-order valence-corrected chi connectivity index (χ2v) is 7.15. The van der Waals surface area contributed by atoms with E-state index in [0.29, 0.717) is 36.0 Å². The van der Waals surface area contributed by atoms with Crippen LogP contribution in [0.25, 0.3) is 11.3 Å². The SMILES string of the molecule is O=C(NCC#Cc1ccc(N2CCNC2=O)cc1)c1cc(-c2ccc3c(c2)OCO3)n[nH]1. The highest BCUT2D eigenvalue weighted by molar-refractivity contribution is 5.94. The van der Waals surface area contributed by atoms with Gasteiger partial charge in [0.15, 0.2) is 11.5 Å². The third-order valence-corrected chi connectivity index (χ3v) is 5.10. The Morgan fingerprint density at radius 3 is 2.78 bits per heavy atom. The van der Waals surface area contributed by atoms with Crippen LogP contribution in [-0.2, 0) is 0 Å². The molecule has 3 aromatic rings. The molecule has 3 heterocycles. The Kier molecular flexibility index (Phi) is 5.09. The number of H-pyrrole nitrogens is 1. The van der Waals surface area contributed by atoms with Crippen molar-refractivity contribution in [3.05, 3.63) is 59.8 Å². The molecule has 1 saturated heterocycles. The van der Waals surface area contributed by atoms with Gasteiger partial charge in [-0.15, -0.1) is 0 Å². The summed E-state index contributed by atoms with van der Waals surface area (Å²) in [7, 11) is 0. The number of urea groups is 1. The minimum Gasteiger partial charge on any atom is -0.454 e. The third kappa shape index (κ3) is 3.94. The van der Waals surface area contributed by atoms with Gasteiger partial charge in [0.05, 0.1) is 12.2 Å². The van der Waals surface area contributed by atoms with Crippen molar-refractivity contribution in [2.45, 2.75) is 0 Å². The summed E-state index contributed by atoms with van der Waals surface area (Å²) in [5, 5.41) is 12.5. The molecular formula is C23H19N5O4. The van der Waals surface area contributed by atoms with Crippen LogP contribution in [0.4, 0.5) is 10.5 Å². The Morgan fingerprint density at radius 1 is 1.12 bits per heavy atom. The molecule has 2 aromatic carbocycles. The first kappa shape index (κ1) is 19.5. The van der Waals surface area contributed by atoms with Gasteiger partial charge in [0.2, 0.25) is 6.79 Å². The maximum Gasteiger partial charge on any atom is 0.321 e. The first-order chi connectivity index (χ1) is 15.7. The quantitative estimate of drug-likeness (QED) is 0.551. The number of rotatable bonds is 4. The van der Waals surface area contributed by atoms with Crippen molar-refractivity contribution in [3.63, 3.8) is 0 Å². The van der Waals surface area contributed by atoms with Gasteiger partial charge in [-0.25, -0.2) is 4.79 Å². The molecule has 9 nitrogen and oxygen atoms in total. The van der Waals surface area contributed by atoms with Crippen molar-refractivity contribution in [2.75, 3.05) is 31.3 Å². The number of carbonyl (C=O) groups is 2. The Balaban J connectivity index is 1.17. The van der Waals surface area contributed by atoms with E-state index in [1.54, 1.807) is 11.0 Å². The number of anilines is 1. The summed E-state index contributed by atoms with van der Waals surface area (Å²) in [6.07, 6.45) is 0. The number of nitrogens with zero attached hydrogens (tertiary/aromatic N) is 2. The molecule has 2 aliphatic heterocycles. The fraction of sp³-hybridized carbons (Fsp3) is 0.174. The van der Waals surface area contributed by atoms with Crippen LogP contribution in [0.1, 0.15) is 16.1 Å². The van der Waals surface area contributed by atoms with E-state index in [9.17, 15) is 9.59 Å². The van der Waals surface area contributed by atoms with Crippen molar-refractivity contribution in [1.82, 2.24) is 20.8 Å². The highest BCUT2D eigenvalue weighted by Crippen LogP contribution is 2.35. The number of benzene rings is 2. The van der Waals surface area contributed by atoms with E-state index in [0.717, 1.165) is 16.8 Å². The summed E-state index contributed by atoms with van der Waals surface area (Å²) < 4.78 is 10.7. The Morgan fingerprint density at radius 2 is 1.97 bits per heavy atom. The largest absolute Gasteiger partial charge is 0.454 e. The standard InChI is InChI=1S/C23H19N5O4/c29-22(19-13-18(26-27-19)16-5-8-20-21(12-16)32-14-31-20)24-9-1-2-15-3-6-17(7-4-15)28-11-10-25-23(28)30/h3-8,12-13H,9-11,14H2,(H,24,29)(H,25,30)(H,26,27). The minimum absolute atomic E-state index is 0.0907. The average molecular weight is 429 g/mol. The normalized spacial score (nSPS) is 14.0. The van der Waals surface area contributed by atoms with Crippen molar-refractivity contribution < 1.29 is 19.1 Å². The lowest BCUT2D eigenvalue weighted by Crippen LogP contribution is -2.27. The van der Waals surface area contributed by atoms with E-state index in [-0.39, 0.29) is 25.3 Å². The number of aromatic amines is 1. The Labute approximate surface area is 183 Å². The molecule has 1 fully saturated rings. The van der Waals surface area contributed by atoms with Crippen molar-refractivity contribution in [3.8, 4) is 34.6 Å². The first-order valence-corrected chi connectivity index (χ1v) is 10.1. The molecule has 3 amide bonds. The lowest BCUT2D eigenvalue weighted by atomic mass is 10.1. The lowest BCUT2D eigenvalue weighted by Gasteiger charge is -2.13. The van der Waals surface area contributed by atoms with E-state index in [2.05, 4.69) is 32.7 Å². The summed E-state index contributed by atoms with van der Waals surface area (Å²) in [6, 6.07) is 14.5. The van der Waals surface area contributed by atoms with Gasteiger partial charge in [0.25, 0.3) is 5.91 Å². The maximum atomic E-state index is 12.4. The molecule has 0 spiro atoms. The van der Waals surface area contributed by atoms with Gasteiger partial charge in [0.1, 0.15) is 5.69 Å². The van der Waals surface area contributed by atoms with Gasteiger partial charge in [-0.3, -0.25) is 14.8 Å². The molecule has 5 rings (SSSR count). The maximum absolute atomic E-state index is 12.4. The summed E-state index contributed by atoms with van der Waals surface area (Å²) in [4.78, 5) is 25.8. The zero-order chi connectivity index (χ0) is 21.9. The molecule has 1 aromatic heterocycles. The molecule has 0 unspecified atom stereocenters. The van der Waals surface area contributed by atoms with Crippen LogP contribution >= 0.6 is 0 Å². The molecule has 3 N–H and O–H groups in total. The summed E-state index contributed by atoms with van der Waals surface area (Å²) >= 11 is 0. The van der Waals surface area contributed by atoms with Crippen LogP contribution in [0, 0.1) is 11.8 Å². The number of hydrogen-bond acceptors (Lipinski definition) is 5. The molecule has 160 valence electrons. The highest BCUT2D eigenvalue weighted by atomic mass is 16.7. The third-order valence-electron chi connectivity index (χ3n) is 5.10. The van der Waals surface area contributed by atoms with Gasteiger partial charge in [-0.05, 0) is 48.5 Å². The van der Waals surface area contributed by atoms with E-state index in [1.165, 1.54) is 0 Å². The predicted molar refractivity (Wildman–Crippen MR) is 117 cm³/mol. The van der Waals surface area contributed by atoms with E-state index >= 15 is 0 Å². The second-order valence-electron chi connectivity index (χ2n) is 7.15. The van der Waals surface area contributed by atoms with Crippen molar-refractivity contribution >= 4 is 17.6 Å². The minimum atomic E-state index is -0.297. The summed E-state index contributed by atoms with van der Waals surface area (Å²) in [5.74, 6) is 6.98. The molecule has 0 saturated carbocycles. The van der Waals surface area contributed by atoms with Gasteiger partial charge in [0, 0.05) is 29.9 Å². The number of nitrogens with one attached hydrogen (secondary N) is 3. The molecule has 0 aliphatic carbocycles. The second kappa shape index (κ2) is 8.35. The fourth-order valence-corrected chi connectivity index (χ4v) is 3.45. The topological polar surface area (TPSA) is 109 Å². The van der Waals surface area contributed by atoms with Gasteiger partial charge < -0.3 is 20.1 Å². The van der Waals surface area contributed by atoms with Crippen molar-refractivity contribution in [2.24, 2.45) is 0 Å². The molecule has 0 bridgehead atoms. The Bertz CT molecular complexity index is 1240. The van der Waals surface area contributed by atoms with Crippen LogP contribution in [0.5, 0.6) is 11.5 Å². The van der Waals surface area contributed by atoms with Crippen LogP contribution in [0.3, 0.4) is 0 Å². The van der Waals surface area contributed by atoms with Gasteiger partial charge >= 0.3 is 6.03 Å². The van der Waals surface area contributed by atoms with Gasteiger partial charge in [-0.2, -0.15) is 5.10 Å². The number of fused-ring (bicyclic) bond motifs is 1. The predicted octanol–water partition coefficient (Wildman–Crippen LogP) is 2.12. The zero-order valence-corrected chi connectivity index (χ0v) is 17.0. The van der Waals surface area contributed by atoms with Crippen LogP contribution < -0.4 is 25.0 Å². The molecule has 2 aliphatic rings. The monoisotopic (exact) mass is 429 g/mol. The smallest absolute Gasteiger partial charge is 0.321 e. The summed E-state index contributed by atoms with van der Waals surface area (Å²) in [5.41, 5.74) is 3.42. The van der Waals surface area contributed by atoms with E-state index < -0.39 is 0 Å². The van der Waals surface area contributed by atoms with Crippen LogP contribution in [-0.4, -0.2) is 48.6 Å². The van der Waals surface area contributed by atoms with Crippen LogP contribution in [0.2, 0.25) is 0 Å². The van der Waals surface area contributed by atoms with Crippen molar-refractivity contribution in [1.29, 1.82) is 0 Å². The zero-order valence-electron chi connectivity index (χ0n) is 17.0. The molecule has 0 radical (unpaired) electrons. The van der Waals surface area contributed by atoms with E-state index in [4.69, 9.17) is 9.47 Å². The first-order valence-electron chi connectivity index (χ1n) is 10.1. The number of carbonyl (C=O) groups excluding carboxylic acids is 2. The number of hydrogen-bond donors (Lipinski definition) is 3. The molecular weight excluding hydrogens is 410 g/mol. The number of amides is 3. The van der Waals surface area contributed by atoms with Gasteiger partial charge in [-0.1, -0.05) is 11.8 Å². The number of aromatic nitrogens is 2. The average Bonchev–Trinajstić information content (AvgIpc) is 3.57. The molecule has 32 heavy (non-hydrogen) atoms. The fourth-order valence-electron chi connectivity index (χ4n) is 3.45. The van der Waals surface area contributed by atoms with Crippen LogP contribution in [0.15, 0.2) is 48.5 Å². The lowest BCUT2D eigenvalue weighted by molar-refractivity contribution is 0.0953. The Hall–Kier alpha value is -4.45.